The number of aromatic nitrogens is 2. The summed E-state index contributed by atoms with van der Waals surface area (Å²) < 4.78 is 39.7. The van der Waals surface area contributed by atoms with Crippen molar-refractivity contribution in [3.05, 3.63) is 42.1 Å². The highest BCUT2D eigenvalue weighted by Gasteiger charge is 2.21. The van der Waals surface area contributed by atoms with E-state index in [9.17, 15) is 8.42 Å². The first-order valence-corrected chi connectivity index (χ1v) is 11.6. The van der Waals surface area contributed by atoms with Crippen molar-refractivity contribution in [1.82, 2.24) is 9.97 Å². The minimum absolute atomic E-state index is 0.000462. The van der Waals surface area contributed by atoms with E-state index in [0.29, 0.717) is 43.7 Å². The van der Waals surface area contributed by atoms with Gasteiger partial charge < -0.3 is 14.8 Å². The van der Waals surface area contributed by atoms with Gasteiger partial charge in [0.2, 0.25) is 11.8 Å². The van der Waals surface area contributed by atoms with E-state index in [2.05, 4.69) is 33.9 Å². The normalized spacial score (nSPS) is 20.6. The Kier molecular flexibility index (Phi) is 5.92. The molecule has 0 saturated carbocycles. The number of ether oxygens (including phenoxy) is 2. The molecule has 9 heteroatoms. The summed E-state index contributed by atoms with van der Waals surface area (Å²) in [5.41, 5.74) is 2.35. The zero-order valence-corrected chi connectivity index (χ0v) is 17.9. The molecule has 0 radical (unpaired) electrons. The first-order chi connectivity index (χ1) is 14.4. The molecular formula is C21H26N4O4S. The third-order valence-electron chi connectivity index (χ3n) is 4.92. The van der Waals surface area contributed by atoms with Crippen molar-refractivity contribution in [2.45, 2.75) is 37.6 Å². The zero-order valence-electron chi connectivity index (χ0n) is 17.1. The Labute approximate surface area is 176 Å². The molecule has 2 N–H and O–H groups in total. The Morgan fingerprint density at radius 1 is 1.23 bits per heavy atom. The van der Waals surface area contributed by atoms with Crippen LogP contribution >= 0.6 is 0 Å². The van der Waals surface area contributed by atoms with E-state index in [1.807, 2.05) is 12.1 Å². The van der Waals surface area contributed by atoms with Crippen LogP contribution < -0.4 is 14.8 Å². The summed E-state index contributed by atoms with van der Waals surface area (Å²) in [6, 6.07) is 8.49. The lowest BCUT2D eigenvalue weighted by molar-refractivity contribution is 0.161. The molecule has 2 aliphatic rings. The summed E-state index contributed by atoms with van der Waals surface area (Å²) in [5, 5.41) is 3.40. The molecular weight excluding hydrogens is 404 g/mol. The Hall–Kier alpha value is -2.65. The lowest BCUT2D eigenvalue weighted by Gasteiger charge is -2.23. The van der Waals surface area contributed by atoms with E-state index in [-0.39, 0.29) is 16.9 Å². The first-order valence-electron chi connectivity index (χ1n) is 10.1. The molecule has 2 aliphatic heterocycles. The van der Waals surface area contributed by atoms with Gasteiger partial charge in [-0.25, -0.2) is 18.1 Å². The summed E-state index contributed by atoms with van der Waals surface area (Å²) in [5.74, 6) is 0.774. The summed E-state index contributed by atoms with van der Waals surface area (Å²) in [6.07, 6.45) is 3.51. The van der Waals surface area contributed by atoms with E-state index in [1.54, 1.807) is 24.3 Å². The lowest BCUT2D eigenvalue weighted by atomic mass is 10.0. The Morgan fingerprint density at radius 2 is 2.10 bits per heavy atom. The standard InChI is InChI=1S/C21H26N4O4S/c1-14(2)10-17-13-29-20-12-19(15-6-8-28-9-7-15)23-21(24-20)25-30(26,27)18-5-3-4-16(11-18)22-17/h3-6,11-12,14,17,22H,7-10,13H2,1-2H3,(H,23,24,25)/t17-/m1/s1. The Balaban J connectivity index is 1.77. The van der Waals surface area contributed by atoms with Gasteiger partial charge in [0, 0.05) is 11.8 Å². The van der Waals surface area contributed by atoms with Crippen LogP contribution in [0, 0.1) is 5.92 Å². The van der Waals surface area contributed by atoms with Gasteiger partial charge in [-0.05, 0) is 42.5 Å². The van der Waals surface area contributed by atoms with Crippen LogP contribution in [-0.2, 0) is 14.8 Å². The largest absolute Gasteiger partial charge is 0.475 e. The van der Waals surface area contributed by atoms with Crippen molar-refractivity contribution in [2.24, 2.45) is 5.92 Å². The Morgan fingerprint density at radius 3 is 2.87 bits per heavy atom. The van der Waals surface area contributed by atoms with Crippen molar-refractivity contribution < 1.29 is 17.9 Å². The van der Waals surface area contributed by atoms with Gasteiger partial charge in [-0.3, -0.25) is 0 Å². The fourth-order valence-electron chi connectivity index (χ4n) is 3.56. The van der Waals surface area contributed by atoms with Crippen LogP contribution in [-0.4, -0.2) is 44.2 Å². The third-order valence-corrected chi connectivity index (χ3v) is 6.25. The van der Waals surface area contributed by atoms with Gasteiger partial charge in [-0.15, -0.1) is 0 Å². The fraction of sp³-hybridized carbons (Fsp3) is 0.429. The van der Waals surface area contributed by atoms with Gasteiger partial charge in [0.05, 0.1) is 29.8 Å². The molecule has 0 aliphatic carbocycles. The monoisotopic (exact) mass is 430 g/mol. The fourth-order valence-corrected chi connectivity index (χ4v) is 4.55. The second-order valence-corrected chi connectivity index (χ2v) is 9.57. The molecule has 4 rings (SSSR count). The lowest BCUT2D eigenvalue weighted by Crippen LogP contribution is -2.29. The molecule has 8 nitrogen and oxygen atoms in total. The number of hydrogen-bond acceptors (Lipinski definition) is 7. The first kappa shape index (κ1) is 20.6. The number of fused-ring (bicyclic) bond motifs is 4. The number of nitrogens with one attached hydrogen (secondary N) is 2. The van der Waals surface area contributed by atoms with Crippen molar-refractivity contribution in [3.8, 4) is 5.88 Å². The number of nitrogens with zero attached hydrogens (tertiary/aromatic N) is 2. The van der Waals surface area contributed by atoms with Crippen LogP contribution in [0.15, 0.2) is 41.3 Å². The number of benzene rings is 1. The predicted molar refractivity (Wildman–Crippen MR) is 115 cm³/mol. The highest BCUT2D eigenvalue weighted by molar-refractivity contribution is 7.92. The molecule has 30 heavy (non-hydrogen) atoms. The maximum Gasteiger partial charge on any atom is 0.264 e. The van der Waals surface area contributed by atoms with Crippen molar-refractivity contribution in [3.63, 3.8) is 0 Å². The van der Waals surface area contributed by atoms with Gasteiger partial charge in [0.25, 0.3) is 10.0 Å². The molecule has 0 fully saturated rings. The summed E-state index contributed by atoms with van der Waals surface area (Å²) in [7, 11) is -3.85. The number of hydrogen-bond donors (Lipinski definition) is 2. The average molecular weight is 431 g/mol. The average Bonchev–Trinajstić information content (AvgIpc) is 2.71. The van der Waals surface area contributed by atoms with Crippen molar-refractivity contribution in [1.29, 1.82) is 0 Å². The van der Waals surface area contributed by atoms with Crippen LogP contribution in [0.1, 0.15) is 32.4 Å². The molecule has 0 saturated heterocycles. The molecule has 0 unspecified atom stereocenters. The van der Waals surface area contributed by atoms with Crippen LogP contribution in [0.25, 0.3) is 5.57 Å². The number of rotatable bonds is 3. The van der Waals surface area contributed by atoms with Crippen LogP contribution in [0.4, 0.5) is 11.6 Å². The molecule has 1 aromatic carbocycles. The molecule has 0 spiro atoms. The second kappa shape index (κ2) is 8.61. The second-order valence-electron chi connectivity index (χ2n) is 7.88. The highest BCUT2D eigenvalue weighted by Crippen LogP contribution is 2.26. The summed E-state index contributed by atoms with van der Waals surface area (Å²) in [4.78, 5) is 8.89. The quantitative estimate of drug-likeness (QED) is 0.770. The van der Waals surface area contributed by atoms with Crippen molar-refractivity contribution >= 4 is 27.2 Å². The predicted octanol–water partition coefficient (Wildman–Crippen LogP) is 3.30. The third kappa shape index (κ3) is 4.91. The molecule has 3 heterocycles. The van der Waals surface area contributed by atoms with Gasteiger partial charge in [0.1, 0.15) is 6.61 Å². The van der Waals surface area contributed by atoms with E-state index in [4.69, 9.17) is 9.47 Å². The summed E-state index contributed by atoms with van der Waals surface area (Å²) >= 11 is 0. The molecule has 4 bridgehead atoms. The van der Waals surface area contributed by atoms with E-state index in [0.717, 1.165) is 17.7 Å². The molecule has 160 valence electrons. The van der Waals surface area contributed by atoms with Crippen LogP contribution in [0.2, 0.25) is 0 Å². The SMILES string of the molecule is CC(C)C[C@@H]1COc2cc(C3=CCOCC3)nc(n2)NS(=O)(=O)c2cccc(c2)N1. The Bertz CT molecular complexity index is 1050. The van der Waals surface area contributed by atoms with Crippen molar-refractivity contribution in [2.75, 3.05) is 29.9 Å². The molecule has 1 atom stereocenters. The number of sulfonamides is 1. The van der Waals surface area contributed by atoms with Crippen LogP contribution in [0.3, 0.4) is 0 Å². The van der Waals surface area contributed by atoms with Gasteiger partial charge in [-0.1, -0.05) is 26.0 Å². The molecule has 2 aromatic rings. The topological polar surface area (TPSA) is 102 Å². The summed E-state index contributed by atoms with van der Waals surface area (Å²) in [6.45, 7) is 5.78. The van der Waals surface area contributed by atoms with E-state index < -0.39 is 10.0 Å². The highest BCUT2D eigenvalue weighted by atomic mass is 32.2. The smallest absolute Gasteiger partial charge is 0.264 e. The maximum absolute atomic E-state index is 12.9. The van der Waals surface area contributed by atoms with E-state index in [1.165, 1.54) is 0 Å². The molecule has 1 aromatic heterocycles. The number of anilines is 2. The van der Waals surface area contributed by atoms with Gasteiger partial charge in [0.15, 0.2) is 0 Å². The zero-order chi connectivity index (χ0) is 21.1. The minimum Gasteiger partial charge on any atom is -0.475 e. The maximum atomic E-state index is 12.9. The van der Waals surface area contributed by atoms with E-state index >= 15 is 0 Å². The minimum atomic E-state index is -3.85. The molecule has 0 amide bonds. The van der Waals surface area contributed by atoms with Gasteiger partial charge in [-0.2, -0.15) is 4.98 Å². The van der Waals surface area contributed by atoms with Crippen LogP contribution in [0.5, 0.6) is 5.88 Å². The van der Waals surface area contributed by atoms with Gasteiger partial charge >= 0.3 is 0 Å².